The zero-order valence-electron chi connectivity index (χ0n) is 12.1. The lowest BCUT2D eigenvalue weighted by molar-refractivity contribution is -0.0221. The predicted octanol–water partition coefficient (Wildman–Crippen LogP) is 2.27. The summed E-state index contributed by atoms with van der Waals surface area (Å²) in [4.78, 5) is 4.41. The molecule has 0 amide bonds. The molecule has 0 bridgehead atoms. The lowest BCUT2D eigenvalue weighted by Gasteiger charge is -2.19. The number of hydrogen-bond acceptors (Lipinski definition) is 5. The van der Waals surface area contributed by atoms with E-state index < -0.39 is 5.60 Å². The second-order valence-electron chi connectivity index (χ2n) is 5.01. The summed E-state index contributed by atoms with van der Waals surface area (Å²) < 4.78 is 10.9. The number of nitrogens with one attached hydrogen (secondary N) is 1. The third-order valence-electron chi connectivity index (χ3n) is 2.74. The van der Waals surface area contributed by atoms with Crippen molar-refractivity contribution >= 4 is 0 Å². The van der Waals surface area contributed by atoms with Crippen molar-refractivity contribution in [2.75, 3.05) is 13.2 Å². The Morgan fingerprint density at radius 1 is 1.39 bits per heavy atom. The molecule has 0 radical (unpaired) electrons. The fourth-order valence-corrected chi connectivity index (χ4v) is 1.73. The smallest absolute Gasteiger partial charge is 0.228 e. The van der Waals surface area contributed by atoms with Gasteiger partial charge in [-0.1, -0.05) is 12.1 Å². The van der Waals surface area contributed by atoms with Gasteiger partial charge in [-0.2, -0.15) is 4.98 Å². The predicted molar refractivity (Wildman–Crippen MR) is 70.4 cm³/mol. The summed E-state index contributed by atoms with van der Waals surface area (Å²) in [6, 6.07) is 0.341. The first-order valence-electron chi connectivity index (χ1n) is 6.70. The van der Waals surface area contributed by atoms with Gasteiger partial charge in [0.25, 0.3) is 0 Å². The fraction of sp³-hybridized carbons (Fsp3) is 0.846. The molecular weight excluding hydrogens is 230 g/mol. The SMILES string of the molecule is CCCNC(C)Cc1nc(C(C)(C)OCC)no1. The molecular formula is C13H25N3O2. The van der Waals surface area contributed by atoms with Crippen LogP contribution in [0.4, 0.5) is 0 Å². The molecule has 0 aliphatic rings. The van der Waals surface area contributed by atoms with Gasteiger partial charge in [0.15, 0.2) is 0 Å². The maximum Gasteiger partial charge on any atom is 0.228 e. The largest absolute Gasteiger partial charge is 0.368 e. The molecule has 18 heavy (non-hydrogen) atoms. The minimum atomic E-state index is -0.489. The average Bonchev–Trinajstić information content (AvgIpc) is 2.75. The molecule has 1 N–H and O–H groups in total. The highest BCUT2D eigenvalue weighted by Crippen LogP contribution is 2.21. The van der Waals surface area contributed by atoms with Crippen molar-refractivity contribution < 1.29 is 9.26 Å². The van der Waals surface area contributed by atoms with Gasteiger partial charge in [-0.05, 0) is 40.7 Å². The van der Waals surface area contributed by atoms with E-state index >= 15 is 0 Å². The molecule has 104 valence electrons. The van der Waals surface area contributed by atoms with E-state index in [1.54, 1.807) is 0 Å². The van der Waals surface area contributed by atoms with Crippen molar-refractivity contribution in [3.8, 4) is 0 Å². The van der Waals surface area contributed by atoms with E-state index in [9.17, 15) is 0 Å². The first-order chi connectivity index (χ1) is 8.49. The van der Waals surface area contributed by atoms with Crippen molar-refractivity contribution in [2.45, 2.75) is 59.1 Å². The molecule has 0 saturated heterocycles. The van der Waals surface area contributed by atoms with Crippen LogP contribution in [0.1, 0.15) is 52.8 Å². The molecule has 1 aromatic rings. The van der Waals surface area contributed by atoms with Gasteiger partial charge < -0.3 is 14.6 Å². The summed E-state index contributed by atoms with van der Waals surface area (Å²) in [7, 11) is 0. The Morgan fingerprint density at radius 3 is 2.72 bits per heavy atom. The van der Waals surface area contributed by atoms with Gasteiger partial charge in [0.1, 0.15) is 5.60 Å². The minimum Gasteiger partial charge on any atom is -0.368 e. The van der Waals surface area contributed by atoms with Crippen LogP contribution in [0.25, 0.3) is 0 Å². The Bertz CT molecular complexity index is 350. The van der Waals surface area contributed by atoms with Crippen molar-refractivity contribution in [1.82, 2.24) is 15.5 Å². The van der Waals surface area contributed by atoms with Crippen LogP contribution in [-0.4, -0.2) is 29.3 Å². The van der Waals surface area contributed by atoms with Crippen molar-refractivity contribution in [3.63, 3.8) is 0 Å². The van der Waals surface area contributed by atoms with E-state index in [1.807, 2.05) is 20.8 Å². The highest BCUT2D eigenvalue weighted by molar-refractivity contribution is 4.98. The summed E-state index contributed by atoms with van der Waals surface area (Å²) in [6.45, 7) is 11.8. The molecule has 1 unspecified atom stereocenters. The standard InChI is InChI=1S/C13H25N3O2/c1-6-8-14-10(3)9-11-15-12(16-18-11)13(4,5)17-7-2/h10,14H,6-9H2,1-5H3. The van der Waals surface area contributed by atoms with Crippen LogP contribution in [0.5, 0.6) is 0 Å². The monoisotopic (exact) mass is 255 g/mol. The number of nitrogens with zero attached hydrogens (tertiary/aromatic N) is 2. The maximum atomic E-state index is 5.60. The zero-order valence-corrected chi connectivity index (χ0v) is 12.1. The second kappa shape index (κ2) is 6.85. The molecule has 0 fully saturated rings. The summed E-state index contributed by atoms with van der Waals surface area (Å²) in [6.07, 6.45) is 1.87. The first-order valence-corrected chi connectivity index (χ1v) is 6.70. The summed E-state index contributed by atoms with van der Waals surface area (Å²) >= 11 is 0. The second-order valence-corrected chi connectivity index (χ2v) is 5.01. The summed E-state index contributed by atoms with van der Waals surface area (Å²) in [5, 5.41) is 7.40. The van der Waals surface area contributed by atoms with Crippen molar-refractivity contribution in [3.05, 3.63) is 11.7 Å². The molecule has 5 heteroatoms. The van der Waals surface area contributed by atoms with E-state index in [2.05, 4.69) is 29.3 Å². The van der Waals surface area contributed by atoms with Gasteiger partial charge in [0.05, 0.1) is 0 Å². The molecule has 0 aliphatic carbocycles. The van der Waals surface area contributed by atoms with E-state index in [4.69, 9.17) is 9.26 Å². The zero-order chi connectivity index (χ0) is 13.6. The lowest BCUT2D eigenvalue weighted by Crippen LogP contribution is -2.29. The first kappa shape index (κ1) is 15.1. The quantitative estimate of drug-likeness (QED) is 0.772. The summed E-state index contributed by atoms with van der Waals surface area (Å²) in [5.41, 5.74) is -0.489. The fourth-order valence-electron chi connectivity index (χ4n) is 1.73. The number of ether oxygens (including phenoxy) is 1. The van der Waals surface area contributed by atoms with Gasteiger partial charge in [0.2, 0.25) is 11.7 Å². The normalized spacial score (nSPS) is 13.8. The highest BCUT2D eigenvalue weighted by Gasteiger charge is 2.27. The van der Waals surface area contributed by atoms with Crippen LogP contribution < -0.4 is 5.32 Å². The van der Waals surface area contributed by atoms with Crippen LogP contribution in [0.3, 0.4) is 0 Å². The number of aromatic nitrogens is 2. The topological polar surface area (TPSA) is 60.2 Å². The molecule has 5 nitrogen and oxygen atoms in total. The van der Waals surface area contributed by atoms with Gasteiger partial charge in [-0.25, -0.2) is 0 Å². The molecule has 1 rings (SSSR count). The third-order valence-corrected chi connectivity index (χ3v) is 2.74. The van der Waals surface area contributed by atoms with Crippen LogP contribution in [0, 0.1) is 0 Å². The molecule has 1 aromatic heterocycles. The van der Waals surface area contributed by atoms with E-state index in [0.717, 1.165) is 19.4 Å². The van der Waals surface area contributed by atoms with Crippen LogP contribution >= 0.6 is 0 Å². The van der Waals surface area contributed by atoms with Crippen LogP contribution in [0.2, 0.25) is 0 Å². The molecule has 0 aromatic carbocycles. The molecule has 1 atom stereocenters. The van der Waals surface area contributed by atoms with Crippen LogP contribution in [-0.2, 0) is 16.8 Å². The van der Waals surface area contributed by atoms with E-state index in [0.29, 0.717) is 24.4 Å². The van der Waals surface area contributed by atoms with Crippen LogP contribution in [0.15, 0.2) is 4.52 Å². The van der Waals surface area contributed by atoms with E-state index in [-0.39, 0.29) is 0 Å². The molecule has 0 saturated carbocycles. The van der Waals surface area contributed by atoms with Gasteiger partial charge >= 0.3 is 0 Å². The van der Waals surface area contributed by atoms with Gasteiger partial charge in [0, 0.05) is 19.1 Å². The van der Waals surface area contributed by atoms with Crippen molar-refractivity contribution in [2.24, 2.45) is 0 Å². The summed E-state index contributed by atoms with van der Waals surface area (Å²) in [5.74, 6) is 1.27. The Labute approximate surface area is 109 Å². The number of hydrogen-bond donors (Lipinski definition) is 1. The molecule has 1 heterocycles. The average molecular weight is 255 g/mol. The van der Waals surface area contributed by atoms with E-state index in [1.165, 1.54) is 0 Å². The maximum absolute atomic E-state index is 5.60. The minimum absolute atomic E-state index is 0.341. The number of rotatable bonds is 8. The Kier molecular flexibility index (Phi) is 5.75. The van der Waals surface area contributed by atoms with Gasteiger partial charge in [-0.3, -0.25) is 0 Å². The lowest BCUT2D eigenvalue weighted by atomic mass is 10.1. The Balaban J connectivity index is 2.57. The van der Waals surface area contributed by atoms with Gasteiger partial charge in [-0.15, -0.1) is 0 Å². The molecule has 0 aliphatic heterocycles. The third kappa shape index (κ3) is 4.38. The molecule has 0 spiro atoms. The highest BCUT2D eigenvalue weighted by atomic mass is 16.5. The Hall–Kier alpha value is -0.940. The van der Waals surface area contributed by atoms with Crippen molar-refractivity contribution in [1.29, 1.82) is 0 Å². The Morgan fingerprint density at radius 2 is 2.11 bits per heavy atom.